The van der Waals surface area contributed by atoms with Gasteiger partial charge in [0, 0.05) is 43.2 Å². The van der Waals surface area contributed by atoms with Crippen LogP contribution in [-0.2, 0) is 9.59 Å². The molecule has 0 aliphatic carbocycles. The lowest BCUT2D eigenvalue weighted by Gasteiger charge is -2.28. The number of hydrogen-bond acceptors (Lipinski definition) is 7. The third-order valence-electron chi connectivity index (χ3n) is 5.46. The predicted molar refractivity (Wildman–Crippen MR) is 114 cm³/mol. The quantitative estimate of drug-likeness (QED) is 0.228. The molecule has 1 aliphatic heterocycles. The lowest BCUT2D eigenvalue weighted by Crippen LogP contribution is -2.38. The van der Waals surface area contributed by atoms with Gasteiger partial charge in [-0.1, -0.05) is 13.8 Å². The number of aliphatic hydroxyl groups excluding tert-OH is 1. The van der Waals surface area contributed by atoms with Crippen molar-refractivity contribution in [2.75, 3.05) is 26.2 Å². The number of nitrogens with zero attached hydrogens (tertiary/aromatic N) is 4. The number of hydrogen-bond donors (Lipinski definition) is 1. The number of likely N-dealkylation sites (tertiary alicyclic amines) is 1. The number of ketones is 1. The van der Waals surface area contributed by atoms with Crippen molar-refractivity contribution in [3.05, 3.63) is 75.6 Å². The second-order valence-corrected chi connectivity index (χ2v) is 7.10. The maximum absolute atomic E-state index is 12.9. The summed E-state index contributed by atoms with van der Waals surface area (Å²) in [6.45, 7) is 6.43. The standard InChI is InChI=1S/C22H24N4O5/c1-3-24(4-2)13-14-25-19(15-5-7-17(8-6-15)26(30)31)18(21(28)22(25)29)20(27)16-9-11-23-12-10-16/h5-12,19,27H,3-4,13-14H2,1-2H3/b20-18-. The second kappa shape index (κ2) is 9.48. The summed E-state index contributed by atoms with van der Waals surface area (Å²) in [5, 5.41) is 21.9. The number of benzene rings is 1. The highest BCUT2D eigenvalue weighted by molar-refractivity contribution is 6.46. The maximum Gasteiger partial charge on any atom is 0.295 e. The molecule has 1 amide bonds. The number of nitro groups is 1. The van der Waals surface area contributed by atoms with Gasteiger partial charge < -0.3 is 14.9 Å². The Morgan fingerprint density at radius 2 is 1.74 bits per heavy atom. The number of aromatic nitrogens is 1. The van der Waals surface area contributed by atoms with Gasteiger partial charge in [-0.15, -0.1) is 0 Å². The number of aliphatic hydroxyl groups is 1. The first-order valence-corrected chi connectivity index (χ1v) is 10.0. The van der Waals surface area contributed by atoms with Crippen LogP contribution in [0.25, 0.3) is 5.76 Å². The van der Waals surface area contributed by atoms with Gasteiger partial charge in [-0.25, -0.2) is 0 Å². The fourth-order valence-corrected chi connectivity index (χ4v) is 3.69. The van der Waals surface area contributed by atoms with Crippen LogP contribution in [0.4, 0.5) is 5.69 Å². The monoisotopic (exact) mass is 424 g/mol. The highest BCUT2D eigenvalue weighted by Gasteiger charge is 2.46. The predicted octanol–water partition coefficient (Wildman–Crippen LogP) is 2.75. The van der Waals surface area contributed by atoms with Crippen molar-refractivity contribution in [2.24, 2.45) is 0 Å². The maximum atomic E-state index is 12.9. The van der Waals surface area contributed by atoms with Crippen LogP contribution < -0.4 is 0 Å². The summed E-state index contributed by atoms with van der Waals surface area (Å²) in [5.41, 5.74) is 0.742. The molecule has 1 aliphatic rings. The molecule has 1 atom stereocenters. The van der Waals surface area contributed by atoms with Gasteiger partial charge >= 0.3 is 0 Å². The Balaban J connectivity index is 2.09. The van der Waals surface area contributed by atoms with Gasteiger partial charge in [0.2, 0.25) is 0 Å². The summed E-state index contributed by atoms with van der Waals surface area (Å²) in [6.07, 6.45) is 2.96. The number of rotatable bonds is 8. The molecule has 2 heterocycles. The minimum Gasteiger partial charge on any atom is -0.507 e. The van der Waals surface area contributed by atoms with Gasteiger partial charge in [-0.3, -0.25) is 24.7 Å². The Morgan fingerprint density at radius 1 is 1.13 bits per heavy atom. The van der Waals surface area contributed by atoms with Crippen molar-refractivity contribution >= 4 is 23.1 Å². The van der Waals surface area contributed by atoms with E-state index in [9.17, 15) is 24.8 Å². The summed E-state index contributed by atoms with van der Waals surface area (Å²) < 4.78 is 0. The van der Waals surface area contributed by atoms with E-state index in [1.54, 1.807) is 12.1 Å². The Bertz CT molecular complexity index is 1000. The molecule has 1 N–H and O–H groups in total. The first-order chi connectivity index (χ1) is 14.9. The van der Waals surface area contributed by atoms with Crippen LogP contribution >= 0.6 is 0 Å². The number of carbonyl (C=O) groups is 2. The molecule has 1 aromatic heterocycles. The largest absolute Gasteiger partial charge is 0.507 e. The van der Waals surface area contributed by atoms with Crippen molar-refractivity contribution in [3.63, 3.8) is 0 Å². The number of non-ortho nitro benzene ring substituents is 1. The van der Waals surface area contributed by atoms with Crippen molar-refractivity contribution < 1.29 is 19.6 Å². The van der Waals surface area contributed by atoms with Gasteiger partial charge in [0.15, 0.2) is 0 Å². The van der Waals surface area contributed by atoms with Crippen LogP contribution in [0.3, 0.4) is 0 Å². The number of carbonyl (C=O) groups excluding carboxylic acids is 2. The van der Waals surface area contributed by atoms with E-state index in [-0.39, 0.29) is 23.6 Å². The summed E-state index contributed by atoms with van der Waals surface area (Å²) >= 11 is 0. The average Bonchev–Trinajstić information content (AvgIpc) is 3.04. The topological polar surface area (TPSA) is 117 Å². The average molecular weight is 424 g/mol. The number of amides is 1. The van der Waals surface area contributed by atoms with E-state index in [1.165, 1.54) is 41.6 Å². The normalized spacial score (nSPS) is 18.0. The van der Waals surface area contributed by atoms with E-state index in [4.69, 9.17) is 0 Å². The SMILES string of the molecule is CCN(CC)CCN1C(=O)C(=O)/C(=C(\O)c2ccncc2)C1c1ccc([N+](=O)[O-])cc1. The van der Waals surface area contributed by atoms with Gasteiger partial charge in [0.05, 0.1) is 16.5 Å². The van der Waals surface area contributed by atoms with E-state index in [0.29, 0.717) is 17.7 Å². The van der Waals surface area contributed by atoms with Gasteiger partial charge in [0.1, 0.15) is 5.76 Å². The number of Topliss-reactive ketones (excluding diaryl/α,β-unsaturated/α-hetero) is 1. The van der Waals surface area contributed by atoms with Gasteiger partial charge in [-0.2, -0.15) is 0 Å². The second-order valence-electron chi connectivity index (χ2n) is 7.10. The molecule has 9 heteroatoms. The van der Waals surface area contributed by atoms with E-state index < -0.39 is 22.7 Å². The molecule has 0 radical (unpaired) electrons. The Labute approximate surface area is 179 Å². The molecule has 0 spiro atoms. The fraction of sp³-hybridized carbons (Fsp3) is 0.318. The molecule has 1 saturated heterocycles. The zero-order chi connectivity index (χ0) is 22.5. The molecule has 1 aromatic carbocycles. The molecule has 1 unspecified atom stereocenters. The summed E-state index contributed by atoms with van der Waals surface area (Å²) in [6, 6.07) is 7.93. The molecule has 31 heavy (non-hydrogen) atoms. The number of pyridine rings is 1. The van der Waals surface area contributed by atoms with Crippen molar-refractivity contribution in [2.45, 2.75) is 19.9 Å². The summed E-state index contributed by atoms with van der Waals surface area (Å²) in [7, 11) is 0. The molecule has 2 aromatic rings. The summed E-state index contributed by atoms with van der Waals surface area (Å²) in [5.74, 6) is -1.78. The first kappa shape index (κ1) is 22.1. The highest BCUT2D eigenvalue weighted by Crippen LogP contribution is 2.39. The molecule has 1 fully saturated rings. The number of nitro benzene ring substituents is 1. The molecule has 3 rings (SSSR count). The van der Waals surface area contributed by atoms with Crippen LogP contribution in [0.1, 0.15) is 31.0 Å². The van der Waals surface area contributed by atoms with Crippen LogP contribution in [0.2, 0.25) is 0 Å². The lowest BCUT2D eigenvalue weighted by molar-refractivity contribution is -0.384. The van der Waals surface area contributed by atoms with Crippen LogP contribution in [0, 0.1) is 10.1 Å². The minimum absolute atomic E-state index is 0.0374. The molecule has 0 saturated carbocycles. The van der Waals surface area contributed by atoms with Gasteiger partial charge in [0.25, 0.3) is 17.4 Å². The fourth-order valence-electron chi connectivity index (χ4n) is 3.69. The number of likely N-dealkylation sites (N-methyl/N-ethyl adjacent to an activating group) is 1. The molecule has 0 bridgehead atoms. The zero-order valence-electron chi connectivity index (χ0n) is 17.4. The lowest BCUT2D eigenvalue weighted by atomic mass is 9.95. The molecule has 162 valence electrons. The Kier molecular flexibility index (Phi) is 6.76. The summed E-state index contributed by atoms with van der Waals surface area (Å²) in [4.78, 5) is 43.8. The minimum atomic E-state index is -0.843. The van der Waals surface area contributed by atoms with E-state index in [0.717, 1.165) is 13.1 Å². The third kappa shape index (κ3) is 4.46. The first-order valence-electron chi connectivity index (χ1n) is 10.0. The van der Waals surface area contributed by atoms with E-state index in [1.807, 2.05) is 13.8 Å². The zero-order valence-corrected chi connectivity index (χ0v) is 17.4. The van der Waals surface area contributed by atoms with Crippen LogP contribution in [0.5, 0.6) is 0 Å². The molecular formula is C22H24N4O5. The smallest absolute Gasteiger partial charge is 0.295 e. The van der Waals surface area contributed by atoms with Crippen molar-refractivity contribution in [1.29, 1.82) is 0 Å². The van der Waals surface area contributed by atoms with Crippen molar-refractivity contribution in [1.82, 2.24) is 14.8 Å². The van der Waals surface area contributed by atoms with Crippen molar-refractivity contribution in [3.8, 4) is 0 Å². The van der Waals surface area contributed by atoms with Crippen LogP contribution in [-0.4, -0.2) is 62.7 Å². The Hall–Kier alpha value is -3.59. The van der Waals surface area contributed by atoms with Crippen LogP contribution in [0.15, 0.2) is 54.4 Å². The Morgan fingerprint density at radius 3 is 2.29 bits per heavy atom. The highest BCUT2D eigenvalue weighted by atomic mass is 16.6. The van der Waals surface area contributed by atoms with E-state index in [2.05, 4.69) is 9.88 Å². The molecule has 9 nitrogen and oxygen atoms in total. The van der Waals surface area contributed by atoms with Gasteiger partial charge in [-0.05, 0) is 42.9 Å². The van der Waals surface area contributed by atoms with E-state index >= 15 is 0 Å². The molecular weight excluding hydrogens is 400 g/mol. The third-order valence-corrected chi connectivity index (χ3v) is 5.46.